The molecule has 2 N–H and O–H groups in total. The summed E-state index contributed by atoms with van der Waals surface area (Å²) >= 11 is 0. The third-order valence-electron chi connectivity index (χ3n) is 4.76. The molecule has 0 unspecified atom stereocenters. The van der Waals surface area contributed by atoms with Gasteiger partial charge in [-0.2, -0.15) is 0 Å². The number of nitrogens with zero attached hydrogens (tertiary/aromatic N) is 2. The van der Waals surface area contributed by atoms with Crippen LogP contribution in [0.4, 0.5) is 4.79 Å². The fourth-order valence-corrected chi connectivity index (χ4v) is 3.08. The van der Waals surface area contributed by atoms with Gasteiger partial charge in [-0.15, -0.1) is 0 Å². The second-order valence-corrected chi connectivity index (χ2v) is 6.77. The average molecular weight is 396 g/mol. The molecule has 8 nitrogen and oxygen atoms in total. The van der Waals surface area contributed by atoms with Gasteiger partial charge in [-0.1, -0.05) is 18.2 Å². The minimum Gasteiger partial charge on any atom is -0.497 e. The molecule has 2 aromatic rings. The topological polar surface area (TPSA) is 101 Å². The highest BCUT2D eigenvalue weighted by atomic mass is 16.5. The molecule has 1 fully saturated rings. The molecule has 1 aliphatic rings. The van der Waals surface area contributed by atoms with Gasteiger partial charge in [0.05, 0.1) is 7.11 Å². The van der Waals surface area contributed by atoms with Crippen molar-refractivity contribution in [1.29, 1.82) is 0 Å². The van der Waals surface area contributed by atoms with Crippen LogP contribution in [0.1, 0.15) is 24.0 Å². The van der Waals surface area contributed by atoms with Crippen LogP contribution in [0, 0.1) is 0 Å². The summed E-state index contributed by atoms with van der Waals surface area (Å²) in [5.41, 5.74) is 1.90. The van der Waals surface area contributed by atoms with E-state index in [1.807, 2.05) is 30.3 Å². The molecule has 152 valence electrons. The largest absolute Gasteiger partial charge is 0.497 e. The van der Waals surface area contributed by atoms with E-state index in [1.54, 1.807) is 25.6 Å². The number of urea groups is 1. The van der Waals surface area contributed by atoms with Gasteiger partial charge >= 0.3 is 6.03 Å². The highest BCUT2D eigenvalue weighted by molar-refractivity contribution is 6.04. The molecule has 0 spiro atoms. The van der Waals surface area contributed by atoms with Gasteiger partial charge in [0, 0.05) is 31.9 Å². The van der Waals surface area contributed by atoms with Crippen molar-refractivity contribution >= 4 is 17.8 Å². The highest BCUT2D eigenvalue weighted by Gasteiger charge is 2.37. The Morgan fingerprint density at radius 2 is 2.00 bits per heavy atom. The first kappa shape index (κ1) is 20.3. The molecule has 1 aromatic carbocycles. The van der Waals surface area contributed by atoms with Gasteiger partial charge in [0.25, 0.3) is 5.91 Å². The molecule has 0 saturated carbocycles. The lowest BCUT2D eigenvalue weighted by Crippen LogP contribution is -2.34. The zero-order valence-corrected chi connectivity index (χ0v) is 16.3. The second kappa shape index (κ2) is 9.68. The summed E-state index contributed by atoms with van der Waals surface area (Å²) in [6, 6.07) is 10.1. The van der Waals surface area contributed by atoms with Crippen molar-refractivity contribution in [2.45, 2.75) is 31.8 Å². The molecule has 2 heterocycles. The molecule has 0 bridgehead atoms. The Bertz CT molecular complexity index is 855. The Morgan fingerprint density at radius 3 is 2.69 bits per heavy atom. The van der Waals surface area contributed by atoms with E-state index in [2.05, 4.69) is 15.6 Å². The molecule has 29 heavy (non-hydrogen) atoms. The van der Waals surface area contributed by atoms with Gasteiger partial charge in [0.1, 0.15) is 11.8 Å². The van der Waals surface area contributed by atoms with Gasteiger partial charge in [-0.25, -0.2) is 4.79 Å². The van der Waals surface area contributed by atoms with Crippen molar-refractivity contribution in [2.24, 2.45) is 0 Å². The van der Waals surface area contributed by atoms with E-state index >= 15 is 0 Å². The lowest BCUT2D eigenvalue weighted by Gasteiger charge is -2.13. The fraction of sp³-hybridized carbons (Fsp3) is 0.333. The van der Waals surface area contributed by atoms with Crippen molar-refractivity contribution in [1.82, 2.24) is 20.5 Å². The quantitative estimate of drug-likeness (QED) is 0.628. The van der Waals surface area contributed by atoms with E-state index in [4.69, 9.17) is 4.74 Å². The highest BCUT2D eigenvalue weighted by Crippen LogP contribution is 2.15. The van der Waals surface area contributed by atoms with Crippen molar-refractivity contribution in [2.75, 3.05) is 13.7 Å². The van der Waals surface area contributed by atoms with Crippen LogP contribution in [0.5, 0.6) is 5.75 Å². The molecule has 4 amide bonds. The lowest BCUT2D eigenvalue weighted by molar-refractivity contribution is -0.127. The summed E-state index contributed by atoms with van der Waals surface area (Å²) in [7, 11) is 1.60. The molecule has 8 heteroatoms. The van der Waals surface area contributed by atoms with Crippen LogP contribution >= 0.6 is 0 Å². The number of benzene rings is 1. The smallest absolute Gasteiger partial charge is 0.324 e. The number of hydrogen-bond acceptors (Lipinski definition) is 5. The van der Waals surface area contributed by atoms with Crippen LogP contribution in [-0.2, 0) is 22.6 Å². The molecule has 1 saturated heterocycles. The fourth-order valence-electron chi connectivity index (χ4n) is 3.08. The van der Waals surface area contributed by atoms with E-state index in [0.717, 1.165) is 16.9 Å². The van der Waals surface area contributed by atoms with E-state index in [9.17, 15) is 14.4 Å². The Morgan fingerprint density at radius 1 is 1.21 bits per heavy atom. The predicted molar refractivity (Wildman–Crippen MR) is 106 cm³/mol. The number of methoxy groups -OCH3 is 1. The number of hydrogen-bond donors (Lipinski definition) is 2. The number of ether oxygens (including phenoxy) is 1. The maximum Gasteiger partial charge on any atom is 0.324 e. The number of carbonyl (C=O) groups excluding carboxylic acids is 3. The standard InChI is InChI=1S/C21H24N4O4/c1-29-17-6-4-15(5-7-17)10-12-25-20(27)18(24-21(25)28)8-9-19(26)23-14-16-3-2-11-22-13-16/h2-7,11,13,18H,8-10,12,14H2,1H3,(H,23,26)(H,24,28)/t18-/m1/s1. The van der Waals surface area contributed by atoms with Crippen LogP contribution in [0.25, 0.3) is 0 Å². The molecule has 1 aromatic heterocycles. The maximum atomic E-state index is 12.5. The van der Waals surface area contributed by atoms with Crippen molar-refractivity contribution < 1.29 is 19.1 Å². The number of nitrogens with one attached hydrogen (secondary N) is 2. The number of carbonyl (C=O) groups is 3. The van der Waals surface area contributed by atoms with E-state index < -0.39 is 12.1 Å². The average Bonchev–Trinajstić information content (AvgIpc) is 3.03. The monoisotopic (exact) mass is 396 g/mol. The Balaban J connectivity index is 1.43. The van der Waals surface area contributed by atoms with Crippen molar-refractivity contribution in [3.05, 3.63) is 59.9 Å². The van der Waals surface area contributed by atoms with E-state index in [0.29, 0.717) is 19.5 Å². The zero-order chi connectivity index (χ0) is 20.6. The number of aromatic nitrogens is 1. The normalized spacial score (nSPS) is 15.9. The zero-order valence-electron chi connectivity index (χ0n) is 16.3. The van der Waals surface area contributed by atoms with Crippen LogP contribution in [-0.4, -0.2) is 47.4 Å². The summed E-state index contributed by atoms with van der Waals surface area (Å²) in [5.74, 6) is 0.293. The Kier molecular flexibility index (Phi) is 6.78. The van der Waals surface area contributed by atoms with Gasteiger partial charge in [0.15, 0.2) is 0 Å². The summed E-state index contributed by atoms with van der Waals surface area (Å²) in [4.78, 5) is 41.9. The predicted octanol–water partition coefficient (Wildman–Crippen LogP) is 1.65. The van der Waals surface area contributed by atoms with Gasteiger partial charge in [-0.3, -0.25) is 19.5 Å². The van der Waals surface area contributed by atoms with Gasteiger partial charge in [-0.05, 0) is 42.2 Å². The summed E-state index contributed by atoms with van der Waals surface area (Å²) in [5, 5.41) is 5.45. The number of amides is 4. The lowest BCUT2D eigenvalue weighted by atomic mass is 10.1. The van der Waals surface area contributed by atoms with Gasteiger partial charge < -0.3 is 15.4 Å². The molecule has 0 aliphatic carbocycles. The van der Waals surface area contributed by atoms with E-state index in [-0.39, 0.29) is 24.7 Å². The number of pyridine rings is 1. The van der Waals surface area contributed by atoms with Crippen LogP contribution < -0.4 is 15.4 Å². The molecule has 1 atom stereocenters. The molecular weight excluding hydrogens is 372 g/mol. The van der Waals surface area contributed by atoms with Crippen LogP contribution in [0.2, 0.25) is 0 Å². The van der Waals surface area contributed by atoms with Crippen LogP contribution in [0.3, 0.4) is 0 Å². The Hall–Kier alpha value is -3.42. The second-order valence-electron chi connectivity index (χ2n) is 6.77. The first-order valence-electron chi connectivity index (χ1n) is 9.47. The maximum absolute atomic E-state index is 12.5. The number of rotatable bonds is 9. The van der Waals surface area contributed by atoms with E-state index in [1.165, 1.54) is 4.90 Å². The molecule has 3 rings (SSSR count). The summed E-state index contributed by atoms with van der Waals surface area (Å²) < 4.78 is 5.12. The molecule has 1 aliphatic heterocycles. The molecule has 0 radical (unpaired) electrons. The first-order chi connectivity index (χ1) is 14.1. The third kappa shape index (κ3) is 5.54. The summed E-state index contributed by atoms with van der Waals surface area (Å²) in [6.45, 7) is 0.673. The van der Waals surface area contributed by atoms with Crippen LogP contribution in [0.15, 0.2) is 48.8 Å². The molecular formula is C21H24N4O4. The third-order valence-corrected chi connectivity index (χ3v) is 4.76. The number of imide groups is 1. The Labute approximate surface area is 169 Å². The van der Waals surface area contributed by atoms with Crippen molar-refractivity contribution in [3.63, 3.8) is 0 Å². The minimum atomic E-state index is -0.664. The first-order valence-corrected chi connectivity index (χ1v) is 9.47. The van der Waals surface area contributed by atoms with Gasteiger partial charge in [0.2, 0.25) is 5.91 Å². The summed E-state index contributed by atoms with van der Waals surface area (Å²) in [6.07, 6.45) is 4.33. The minimum absolute atomic E-state index is 0.156. The SMILES string of the molecule is COc1ccc(CCN2C(=O)N[C@H](CCC(=O)NCc3cccnc3)C2=O)cc1. The van der Waals surface area contributed by atoms with Crippen molar-refractivity contribution in [3.8, 4) is 5.75 Å².